The summed E-state index contributed by atoms with van der Waals surface area (Å²) in [6.07, 6.45) is -10.7. The molecule has 0 spiro atoms. The van der Waals surface area contributed by atoms with E-state index >= 15 is 0 Å². The number of carboxylic acids is 2. The number of aliphatic hydroxyl groups is 3. The van der Waals surface area contributed by atoms with Gasteiger partial charge in [-0.3, -0.25) is 33.6 Å². The van der Waals surface area contributed by atoms with E-state index in [0.717, 1.165) is 0 Å². The molecule has 1 aromatic rings. The molecule has 8 atom stereocenters. The lowest BCUT2D eigenvalue weighted by Crippen LogP contribution is -2.61. The molecule has 1 saturated heterocycles. The Balaban J connectivity index is 2.21. The summed E-state index contributed by atoms with van der Waals surface area (Å²) >= 11 is 0. The number of ether oxygens (including phenoxy) is 4. The van der Waals surface area contributed by atoms with Crippen molar-refractivity contribution in [2.24, 2.45) is 17.8 Å². The fraction of sp³-hybridized carbons (Fsp3) is 0.641. The topological polar surface area (TPSA) is 323 Å². The molecule has 21 nitrogen and oxygen atoms in total. The second-order valence-corrected chi connectivity index (χ2v) is 15.2. The summed E-state index contributed by atoms with van der Waals surface area (Å²) in [5.41, 5.74) is 0.207. The first-order chi connectivity index (χ1) is 28.0. The average Bonchev–Trinajstić information content (AvgIpc) is 3.17. The highest BCUT2D eigenvalue weighted by molar-refractivity contribution is 5.99. The summed E-state index contributed by atoms with van der Waals surface area (Å²) in [6, 6.07) is 0.102. The number of Topliss-reactive ketones (excluding diaryl/α,β-unsaturated/α-hetero) is 1. The Morgan fingerprint density at radius 2 is 1.40 bits per heavy atom. The van der Waals surface area contributed by atoms with E-state index in [-0.39, 0.29) is 62.2 Å². The summed E-state index contributed by atoms with van der Waals surface area (Å²) in [6.45, 7) is 11.0. The summed E-state index contributed by atoms with van der Waals surface area (Å²) in [5.74, 6) is -8.07. The molecular formula is C39H58N4O17. The van der Waals surface area contributed by atoms with Gasteiger partial charge in [-0.2, -0.15) is 0 Å². The van der Waals surface area contributed by atoms with Gasteiger partial charge < -0.3 is 65.7 Å². The van der Waals surface area contributed by atoms with Gasteiger partial charge in [-0.25, -0.2) is 4.79 Å². The van der Waals surface area contributed by atoms with Crippen molar-refractivity contribution in [3.63, 3.8) is 0 Å². The van der Waals surface area contributed by atoms with Gasteiger partial charge >= 0.3 is 17.9 Å². The molecule has 0 saturated carbocycles. The number of benzene rings is 1. The maximum Gasteiger partial charge on any atom is 0.335 e. The SMILES string of the molecule is CC(C)C(=O)CCOCCC(=O)N[C@@H](CCC(=O)O)C(=O)N[C@H](C(=O)N[C@@H](C)C(=O)Nc1ccc(COC(=O)C(C)C)cc1O[C@@H]1O[C@H](C(=O)O)[C@@H](O)[C@H](O)[C@H]1O)C(C)C. The second kappa shape index (κ2) is 24.1. The van der Waals surface area contributed by atoms with E-state index < -0.39 is 109 Å². The normalized spacial score (nSPS) is 20.4. The van der Waals surface area contributed by atoms with Crippen LogP contribution in [0, 0.1) is 17.8 Å². The molecule has 0 aromatic heterocycles. The van der Waals surface area contributed by atoms with Gasteiger partial charge in [0.2, 0.25) is 29.9 Å². The first-order valence-electron chi connectivity index (χ1n) is 19.5. The highest BCUT2D eigenvalue weighted by Crippen LogP contribution is 2.31. The van der Waals surface area contributed by atoms with E-state index in [9.17, 15) is 63.9 Å². The average molecular weight is 855 g/mol. The van der Waals surface area contributed by atoms with Gasteiger partial charge in [-0.1, -0.05) is 47.6 Å². The number of hydrogen-bond acceptors (Lipinski definition) is 15. The van der Waals surface area contributed by atoms with E-state index in [4.69, 9.17) is 18.9 Å². The maximum atomic E-state index is 13.5. The van der Waals surface area contributed by atoms with Crippen molar-refractivity contribution >= 4 is 53.0 Å². The zero-order chi connectivity index (χ0) is 45.4. The molecule has 1 aliphatic heterocycles. The first kappa shape index (κ1) is 50.9. The zero-order valence-corrected chi connectivity index (χ0v) is 34.7. The van der Waals surface area contributed by atoms with Crippen LogP contribution in [0.5, 0.6) is 5.75 Å². The summed E-state index contributed by atoms with van der Waals surface area (Å²) < 4.78 is 21.5. The van der Waals surface area contributed by atoms with Gasteiger partial charge in [0.1, 0.15) is 54.6 Å². The number of amides is 4. The van der Waals surface area contributed by atoms with Gasteiger partial charge in [0.05, 0.1) is 24.8 Å². The molecule has 0 unspecified atom stereocenters. The Kier molecular flexibility index (Phi) is 20.5. The third kappa shape index (κ3) is 16.1. The van der Waals surface area contributed by atoms with Crippen LogP contribution in [0.1, 0.15) is 79.7 Å². The van der Waals surface area contributed by atoms with Crippen molar-refractivity contribution in [3.8, 4) is 5.75 Å². The van der Waals surface area contributed by atoms with Crippen LogP contribution in [0.25, 0.3) is 0 Å². The maximum absolute atomic E-state index is 13.5. The minimum Gasteiger partial charge on any atom is -0.481 e. The van der Waals surface area contributed by atoms with E-state index in [1.165, 1.54) is 25.1 Å². The fourth-order valence-electron chi connectivity index (χ4n) is 5.38. The Labute approximate surface area is 346 Å². The molecule has 21 heteroatoms. The molecule has 0 aliphatic carbocycles. The van der Waals surface area contributed by atoms with Gasteiger partial charge in [-0.15, -0.1) is 0 Å². The van der Waals surface area contributed by atoms with Crippen molar-refractivity contribution in [1.29, 1.82) is 0 Å². The van der Waals surface area contributed by atoms with Crippen molar-refractivity contribution in [1.82, 2.24) is 16.0 Å². The van der Waals surface area contributed by atoms with Crippen LogP contribution in [-0.2, 0) is 59.2 Å². The molecule has 0 radical (unpaired) electrons. The molecule has 1 heterocycles. The smallest absolute Gasteiger partial charge is 0.335 e. The Morgan fingerprint density at radius 1 is 0.750 bits per heavy atom. The molecule has 2 rings (SSSR count). The van der Waals surface area contributed by atoms with Gasteiger partial charge in [-0.05, 0) is 37.0 Å². The Morgan fingerprint density at radius 3 is 1.98 bits per heavy atom. The number of esters is 1. The molecule has 1 aromatic carbocycles. The first-order valence-corrected chi connectivity index (χ1v) is 19.5. The monoisotopic (exact) mass is 854 g/mol. The summed E-state index contributed by atoms with van der Waals surface area (Å²) in [5, 5.41) is 59.6. The standard InChI is InChI=1S/C39H58N4O17/c1-18(2)25(44)12-14-57-15-13-27(45)41-24(10-11-28(46)47)35(52)43-29(19(3)4)36(53)40-21(7)34(51)42-23-9-8-22(17-58-38(56)20(5)6)16-26(23)59-39-32(50)30(48)31(49)33(60-39)37(54)55/h8-9,16,18-21,24,29-33,39,48-50H,10-15,17H2,1-7H3,(H,40,53)(H,41,45)(H,42,51)(H,43,52)(H,46,47)(H,54,55)/t21-,24-,29-,30-,31-,32+,33-,39+/m0/s1. The zero-order valence-electron chi connectivity index (χ0n) is 34.7. The molecule has 60 heavy (non-hydrogen) atoms. The van der Waals surface area contributed by atoms with Crippen LogP contribution in [-0.4, -0.2) is 135 Å². The Bertz CT molecular complexity index is 1690. The minimum atomic E-state index is -2.01. The largest absolute Gasteiger partial charge is 0.481 e. The summed E-state index contributed by atoms with van der Waals surface area (Å²) in [7, 11) is 0. The minimum absolute atomic E-state index is 0.00750. The second-order valence-electron chi connectivity index (χ2n) is 15.2. The number of carboxylic acid groups (broad SMARTS) is 2. The van der Waals surface area contributed by atoms with Gasteiger partial charge in [0, 0.05) is 25.2 Å². The quantitative estimate of drug-likeness (QED) is 0.0472. The number of aliphatic carboxylic acids is 2. The number of rotatable bonds is 24. The van der Waals surface area contributed by atoms with Crippen LogP contribution in [0.3, 0.4) is 0 Å². The Hall–Kier alpha value is -5.22. The van der Waals surface area contributed by atoms with Crippen molar-refractivity contribution in [2.75, 3.05) is 18.5 Å². The number of carbonyl (C=O) groups is 8. The lowest BCUT2D eigenvalue weighted by molar-refractivity contribution is -0.271. The fourth-order valence-corrected chi connectivity index (χ4v) is 5.38. The number of nitrogens with one attached hydrogen (secondary N) is 4. The third-order valence-corrected chi connectivity index (χ3v) is 9.12. The van der Waals surface area contributed by atoms with E-state index in [2.05, 4.69) is 21.3 Å². The molecule has 0 bridgehead atoms. The van der Waals surface area contributed by atoms with E-state index in [1.54, 1.807) is 41.5 Å². The predicted molar refractivity (Wildman–Crippen MR) is 208 cm³/mol. The highest BCUT2D eigenvalue weighted by atomic mass is 16.7. The van der Waals surface area contributed by atoms with Crippen LogP contribution in [0.4, 0.5) is 5.69 Å². The van der Waals surface area contributed by atoms with Crippen LogP contribution >= 0.6 is 0 Å². The highest BCUT2D eigenvalue weighted by Gasteiger charge is 2.48. The van der Waals surface area contributed by atoms with Gasteiger partial charge in [0.15, 0.2) is 6.10 Å². The van der Waals surface area contributed by atoms with E-state index in [1.807, 2.05) is 0 Å². The third-order valence-electron chi connectivity index (χ3n) is 9.12. The molecule has 4 amide bonds. The number of anilines is 1. The number of hydrogen-bond donors (Lipinski definition) is 9. The van der Waals surface area contributed by atoms with Crippen LogP contribution in [0.2, 0.25) is 0 Å². The number of carbonyl (C=O) groups excluding carboxylic acids is 6. The molecule has 1 aliphatic rings. The molecule has 336 valence electrons. The van der Waals surface area contributed by atoms with Crippen molar-refractivity contribution in [3.05, 3.63) is 23.8 Å². The number of aliphatic hydroxyl groups excluding tert-OH is 3. The van der Waals surface area contributed by atoms with Crippen molar-refractivity contribution < 1.29 is 82.8 Å². The van der Waals surface area contributed by atoms with Crippen LogP contribution in [0.15, 0.2) is 18.2 Å². The summed E-state index contributed by atoms with van der Waals surface area (Å²) in [4.78, 5) is 99.8. The molecule has 1 fully saturated rings. The molecule has 9 N–H and O–H groups in total. The number of ketones is 1. The van der Waals surface area contributed by atoms with Crippen molar-refractivity contribution in [2.45, 2.75) is 130 Å². The molecular weight excluding hydrogens is 796 g/mol. The lowest BCUT2D eigenvalue weighted by Gasteiger charge is -2.38. The predicted octanol–water partition coefficient (Wildman–Crippen LogP) is -0.388. The van der Waals surface area contributed by atoms with Crippen LogP contribution < -0.4 is 26.0 Å². The lowest BCUT2D eigenvalue weighted by atomic mass is 9.99. The van der Waals surface area contributed by atoms with E-state index in [0.29, 0.717) is 5.56 Å². The van der Waals surface area contributed by atoms with Gasteiger partial charge in [0.25, 0.3) is 0 Å².